The van der Waals surface area contributed by atoms with Crippen LogP contribution >= 0.6 is 11.6 Å². The molecule has 5 heteroatoms. The third-order valence-electron chi connectivity index (χ3n) is 5.38. The van der Waals surface area contributed by atoms with Crippen molar-refractivity contribution in [1.29, 1.82) is 0 Å². The van der Waals surface area contributed by atoms with Crippen molar-refractivity contribution in [3.63, 3.8) is 0 Å². The van der Waals surface area contributed by atoms with Crippen LogP contribution in [0.5, 0.6) is 0 Å². The number of hydrogen-bond donors (Lipinski definition) is 1. The first-order chi connectivity index (χ1) is 13.3. The number of rotatable bonds is 5. The minimum absolute atomic E-state index is 0.0255. The van der Waals surface area contributed by atoms with Crippen LogP contribution in [0.3, 0.4) is 0 Å². The van der Waals surface area contributed by atoms with Gasteiger partial charge >= 0.3 is 0 Å². The highest BCUT2D eigenvalue weighted by Crippen LogP contribution is 2.37. The molecule has 4 nitrogen and oxygen atoms in total. The molecular formula is C23H24ClNO3. The number of nitrogens with one attached hydrogen (secondary N) is 1. The number of carbonyl (C=O) groups is 3. The molecule has 1 N–H and O–H groups in total. The zero-order chi connectivity index (χ0) is 20.4. The zero-order valence-electron chi connectivity index (χ0n) is 16.3. The minimum Gasteiger partial charge on any atom is -0.352 e. The smallest absolute Gasteiger partial charge is 0.252 e. The summed E-state index contributed by atoms with van der Waals surface area (Å²) in [6.07, 6.45) is 0.680. The van der Waals surface area contributed by atoms with E-state index in [1.54, 1.807) is 24.3 Å². The molecule has 1 amide bonds. The largest absolute Gasteiger partial charge is 0.352 e. The van der Waals surface area contributed by atoms with Crippen molar-refractivity contribution < 1.29 is 14.4 Å². The van der Waals surface area contributed by atoms with Gasteiger partial charge in [-0.15, -0.1) is 0 Å². The van der Waals surface area contributed by atoms with Gasteiger partial charge in [-0.1, -0.05) is 41.4 Å². The summed E-state index contributed by atoms with van der Waals surface area (Å²) >= 11 is 6.04. The molecule has 146 valence electrons. The number of ketones is 2. The van der Waals surface area contributed by atoms with Crippen molar-refractivity contribution in [2.45, 2.75) is 39.5 Å². The molecule has 1 aliphatic carbocycles. The van der Waals surface area contributed by atoms with Crippen LogP contribution in [-0.2, 0) is 9.59 Å². The van der Waals surface area contributed by atoms with Crippen molar-refractivity contribution in [2.24, 2.45) is 5.92 Å². The van der Waals surface area contributed by atoms with Gasteiger partial charge in [-0.05, 0) is 56.0 Å². The Balaban J connectivity index is 1.66. The molecular weight excluding hydrogens is 374 g/mol. The molecule has 1 aliphatic rings. The SMILES string of the molecule is Cc1cc(C)c(C2C(=O)CC(CCNC(=O)c3ccccc3Cl)C2=O)c(C)c1. The number of amides is 1. The van der Waals surface area contributed by atoms with Gasteiger partial charge in [0.1, 0.15) is 11.7 Å². The van der Waals surface area contributed by atoms with Crippen LogP contribution in [0, 0.1) is 26.7 Å². The summed E-state index contributed by atoms with van der Waals surface area (Å²) in [6, 6.07) is 10.8. The van der Waals surface area contributed by atoms with E-state index in [-0.39, 0.29) is 29.8 Å². The number of halogens is 1. The Morgan fingerprint density at radius 1 is 1.11 bits per heavy atom. The standard InChI is InChI=1S/C23H24ClNO3/c1-13-10-14(2)20(15(3)11-13)21-19(26)12-16(22(21)27)8-9-25-23(28)17-6-4-5-7-18(17)24/h4-7,10-11,16,21H,8-9,12H2,1-3H3,(H,25,28). The van der Waals surface area contributed by atoms with Crippen molar-refractivity contribution in [1.82, 2.24) is 5.32 Å². The van der Waals surface area contributed by atoms with Gasteiger partial charge in [0.05, 0.1) is 10.6 Å². The maximum Gasteiger partial charge on any atom is 0.252 e. The molecule has 3 rings (SSSR count). The number of hydrogen-bond acceptors (Lipinski definition) is 3. The van der Waals surface area contributed by atoms with E-state index in [9.17, 15) is 14.4 Å². The Morgan fingerprint density at radius 3 is 2.39 bits per heavy atom. The fraction of sp³-hybridized carbons (Fsp3) is 0.348. The van der Waals surface area contributed by atoms with E-state index in [0.29, 0.717) is 23.6 Å². The molecule has 0 saturated heterocycles. The molecule has 1 fully saturated rings. The van der Waals surface area contributed by atoms with Gasteiger partial charge < -0.3 is 5.32 Å². The molecule has 2 atom stereocenters. The molecule has 2 unspecified atom stereocenters. The molecule has 1 saturated carbocycles. The summed E-state index contributed by atoms with van der Waals surface area (Å²) in [7, 11) is 0. The molecule has 0 heterocycles. The molecule has 0 aromatic heterocycles. The molecule has 2 aromatic rings. The second-order valence-electron chi connectivity index (χ2n) is 7.54. The highest BCUT2D eigenvalue weighted by atomic mass is 35.5. The highest BCUT2D eigenvalue weighted by molar-refractivity contribution is 6.33. The lowest BCUT2D eigenvalue weighted by Crippen LogP contribution is -2.27. The van der Waals surface area contributed by atoms with Crippen molar-refractivity contribution in [3.05, 3.63) is 69.2 Å². The summed E-state index contributed by atoms with van der Waals surface area (Å²) in [5.41, 5.74) is 4.34. The molecule has 2 aromatic carbocycles. The van der Waals surface area contributed by atoms with Gasteiger partial charge in [-0.3, -0.25) is 14.4 Å². The second kappa shape index (κ2) is 8.27. The highest BCUT2D eigenvalue weighted by Gasteiger charge is 2.42. The summed E-state index contributed by atoms with van der Waals surface area (Å²) in [5.74, 6) is -1.37. The number of Topliss-reactive ketones (excluding diaryl/α,β-unsaturated/α-hetero) is 2. The Hall–Kier alpha value is -2.46. The second-order valence-corrected chi connectivity index (χ2v) is 7.95. The predicted octanol–water partition coefficient (Wildman–Crippen LogP) is 4.33. The van der Waals surface area contributed by atoms with Gasteiger partial charge in [0.15, 0.2) is 5.78 Å². The summed E-state index contributed by atoms with van der Waals surface area (Å²) in [6.45, 7) is 6.24. The summed E-state index contributed by atoms with van der Waals surface area (Å²) in [4.78, 5) is 37.8. The van der Waals surface area contributed by atoms with Crippen molar-refractivity contribution in [3.8, 4) is 0 Å². The van der Waals surface area contributed by atoms with E-state index < -0.39 is 5.92 Å². The Kier molecular flexibility index (Phi) is 5.99. The lowest BCUT2D eigenvalue weighted by Gasteiger charge is -2.16. The van der Waals surface area contributed by atoms with Crippen LogP contribution in [0.15, 0.2) is 36.4 Å². The normalized spacial score (nSPS) is 19.1. The maximum atomic E-state index is 13.0. The van der Waals surface area contributed by atoms with E-state index in [4.69, 9.17) is 11.6 Å². The van der Waals surface area contributed by atoms with Gasteiger partial charge in [-0.2, -0.15) is 0 Å². The van der Waals surface area contributed by atoms with Gasteiger partial charge in [-0.25, -0.2) is 0 Å². The average Bonchev–Trinajstić information content (AvgIpc) is 2.89. The zero-order valence-corrected chi connectivity index (χ0v) is 17.1. The third kappa shape index (κ3) is 4.02. The molecule has 0 spiro atoms. The van der Waals surface area contributed by atoms with Crippen molar-refractivity contribution in [2.75, 3.05) is 6.54 Å². The van der Waals surface area contributed by atoms with Crippen LogP contribution in [-0.4, -0.2) is 24.0 Å². The number of benzene rings is 2. The first-order valence-electron chi connectivity index (χ1n) is 9.46. The van der Waals surface area contributed by atoms with Crippen LogP contribution < -0.4 is 5.32 Å². The predicted molar refractivity (Wildman–Crippen MR) is 110 cm³/mol. The monoisotopic (exact) mass is 397 g/mol. The topological polar surface area (TPSA) is 63.2 Å². The van der Waals surface area contributed by atoms with E-state index in [2.05, 4.69) is 5.32 Å². The Bertz CT molecular complexity index is 928. The van der Waals surface area contributed by atoms with Crippen LogP contribution in [0.2, 0.25) is 5.02 Å². The lowest BCUT2D eigenvalue weighted by molar-refractivity contribution is -0.124. The Labute approximate surface area is 170 Å². The first kappa shape index (κ1) is 20.3. The van der Waals surface area contributed by atoms with Gasteiger partial charge in [0, 0.05) is 18.9 Å². The molecule has 0 bridgehead atoms. The maximum absolute atomic E-state index is 13.0. The quantitative estimate of drug-likeness (QED) is 0.764. The van der Waals surface area contributed by atoms with Gasteiger partial charge in [0.25, 0.3) is 5.91 Å². The fourth-order valence-corrected chi connectivity index (χ4v) is 4.37. The summed E-state index contributed by atoms with van der Waals surface area (Å²) in [5, 5.41) is 3.19. The molecule has 28 heavy (non-hydrogen) atoms. The van der Waals surface area contributed by atoms with Crippen LogP contribution in [0.25, 0.3) is 0 Å². The fourth-order valence-electron chi connectivity index (χ4n) is 4.15. The van der Waals surface area contributed by atoms with Crippen LogP contribution in [0.4, 0.5) is 0 Å². The van der Waals surface area contributed by atoms with Crippen LogP contribution in [0.1, 0.15) is 51.4 Å². The average molecular weight is 398 g/mol. The first-order valence-corrected chi connectivity index (χ1v) is 9.84. The van der Waals surface area contributed by atoms with Gasteiger partial charge in [0.2, 0.25) is 0 Å². The summed E-state index contributed by atoms with van der Waals surface area (Å²) < 4.78 is 0. The lowest BCUT2D eigenvalue weighted by atomic mass is 9.86. The molecule has 0 radical (unpaired) electrons. The van der Waals surface area contributed by atoms with E-state index in [1.807, 2.05) is 32.9 Å². The van der Waals surface area contributed by atoms with E-state index >= 15 is 0 Å². The van der Waals surface area contributed by atoms with E-state index in [1.165, 1.54) is 0 Å². The number of carbonyl (C=O) groups excluding carboxylic acids is 3. The number of aryl methyl sites for hydroxylation is 3. The molecule has 0 aliphatic heterocycles. The Morgan fingerprint density at radius 2 is 1.75 bits per heavy atom. The van der Waals surface area contributed by atoms with Crippen molar-refractivity contribution >= 4 is 29.1 Å². The minimum atomic E-state index is -0.676. The third-order valence-corrected chi connectivity index (χ3v) is 5.71. The van der Waals surface area contributed by atoms with E-state index in [0.717, 1.165) is 22.3 Å².